The van der Waals surface area contributed by atoms with Gasteiger partial charge in [-0.05, 0) is 24.5 Å². The molecular weight excluding hydrogens is 318 g/mol. The van der Waals surface area contributed by atoms with Gasteiger partial charge in [0.1, 0.15) is 5.69 Å². The highest BCUT2D eigenvalue weighted by atomic mass is 16.2. The first-order chi connectivity index (χ1) is 12.0. The lowest BCUT2D eigenvalue weighted by Gasteiger charge is -2.39. The van der Waals surface area contributed by atoms with Crippen LogP contribution in [0.15, 0.2) is 37.1 Å². The maximum atomic E-state index is 12.6. The zero-order chi connectivity index (χ0) is 17.8. The summed E-state index contributed by atoms with van der Waals surface area (Å²) in [5.41, 5.74) is 1.44. The predicted molar refractivity (Wildman–Crippen MR) is 92.6 cm³/mol. The number of nitrogens with zero attached hydrogens (tertiary/aromatic N) is 5. The molecule has 0 aromatic carbocycles. The molecule has 0 bridgehead atoms. The molecule has 0 N–H and O–H groups in total. The van der Waals surface area contributed by atoms with E-state index in [9.17, 15) is 9.59 Å². The second-order valence-corrected chi connectivity index (χ2v) is 6.48. The van der Waals surface area contributed by atoms with Gasteiger partial charge in [0.25, 0.3) is 5.91 Å². The Hall–Kier alpha value is -2.70. The van der Waals surface area contributed by atoms with Gasteiger partial charge in [0.15, 0.2) is 0 Å². The van der Waals surface area contributed by atoms with Gasteiger partial charge in [-0.15, -0.1) is 0 Å². The molecule has 2 aromatic heterocycles. The van der Waals surface area contributed by atoms with Crippen LogP contribution in [0, 0.1) is 0 Å². The Bertz CT molecular complexity index is 743. The molecule has 3 rings (SSSR count). The van der Waals surface area contributed by atoms with E-state index in [1.54, 1.807) is 41.3 Å². The minimum atomic E-state index is -0.0739. The largest absolute Gasteiger partial charge is 0.340 e. The van der Waals surface area contributed by atoms with E-state index in [-0.39, 0.29) is 17.9 Å². The molecule has 0 saturated carbocycles. The summed E-state index contributed by atoms with van der Waals surface area (Å²) in [6.45, 7) is 3.33. The van der Waals surface area contributed by atoms with Crippen LogP contribution in [-0.4, -0.2) is 55.3 Å². The quantitative estimate of drug-likeness (QED) is 0.844. The van der Waals surface area contributed by atoms with Crippen molar-refractivity contribution in [1.82, 2.24) is 24.3 Å². The third-order valence-electron chi connectivity index (χ3n) is 4.53. The molecule has 0 radical (unpaired) electrons. The second-order valence-electron chi connectivity index (χ2n) is 6.48. The standard InChI is InChI=1S/C18H23N5O2/c1-14(24)23(10-15-5-3-7-19-9-15)16-6-4-8-22(11-16)18(25)17-12-21(2)13-20-17/h3,5,7,9,12-13,16H,4,6,8,10-11H2,1-2H3. The minimum Gasteiger partial charge on any atom is -0.340 e. The number of hydrogen-bond acceptors (Lipinski definition) is 4. The molecule has 25 heavy (non-hydrogen) atoms. The first-order valence-electron chi connectivity index (χ1n) is 8.48. The molecule has 2 aromatic rings. The number of piperidine rings is 1. The maximum Gasteiger partial charge on any atom is 0.274 e. The zero-order valence-electron chi connectivity index (χ0n) is 14.6. The summed E-state index contributed by atoms with van der Waals surface area (Å²) < 4.78 is 1.76. The molecule has 1 atom stereocenters. The zero-order valence-corrected chi connectivity index (χ0v) is 14.6. The first kappa shape index (κ1) is 17.1. The highest BCUT2D eigenvalue weighted by molar-refractivity contribution is 5.92. The van der Waals surface area contributed by atoms with Crippen molar-refractivity contribution in [1.29, 1.82) is 0 Å². The van der Waals surface area contributed by atoms with Crippen molar-refractivity contribution in [3.8, 4) is 0 Å². The summed E-state index contributed by atoms with van der Waals surface area (Å²) in [6, 6.07) is 3.84. The van der Waals surface area contributed by atoms with Crippen LogP contribution >= 0.6 is 0 Å². The normalized spacial score (nSPS) is 17.4. The molecule has 7 nitrogen and oxygen atoms in total. The third kappa shape index (κ3) is 4.04. The molecule has 1 aliphatic rings. The van der Waals surface area contributed by atoms with E-state index >= 15 is 0 Å². The van der Waals surface area contributed by atoms with Crippen molar-refractivity contribution in [2.75, 3.05) is 13.1 Å². The Morgan fingerprint density at radius 1 is 1.40 bits per heavy atom. The van der Waals surface area contributed by atoms with Gasteiger partial charge in [0.2, 0.25) is 5.91 Å². The van der Waals surface area contributed by atoms with Crippen LogP contribution in [0.4, 0.5) is 0 Å². The van der Waals surface area contributed by atoms with E-state index in [0.29, 0.717) is 25.3 Å². The molecule has 1 saturated heterocycles. The highest BCUT2D eigenvalue weighted by Gasteiger charge is 2.30. The molecule has 0 aliphatic carbocycles. The van der Waals surface area contributed by atoms with Gasteiger partial charge in [-0.2, -0.15) is 0 Å². The monoisotopic (exact) mass is 341 g/mol. The van der Waals surface area contributed by atoms with Gasteiger partial charge in [-0.3, -0.25) is 14.6 Å². The van der Waals surface area contributed by atoms with E-state index in [4.69, 9.17) is 0 Å². The number of hydrogen-bond donors (Lipinski definition) is 0. The van der Waals surface area contributed by atoms with Crippen LogP contribution in [-0.2, 0) is 18.4 Å². The lowest BCUT2D eigenvalue weighted by molar-refractivity contribution is -0.132. The van der Waals surface area contributed by atoms with Gasteiger partial charge >= 0.3 is 0 Å². The molecule has 7 heteroatoms. The number of imidazole rings is 1. The number of carbonyl (C=O) groups excluding carboxylic acids is 2. The van der Waals surface area contributed by atoms with Crippen molar-refractivity contribution in [3.63, 3.8) is 0 Å². The molecule has 1 unspecified atom stereocenters. The lowest BCUT2D eigenvalue weighted by atomic mass is 10.0. The molecular formula is C18H23N5O2. The van der Waals surface area contributed by atoms with Crippen LogP contribution in [0.1, 0.15) is 35.8 Å². The Labute approximate surface area is 147 Å². The van der Waals surface area contributed by atoms with Crippen molar-refractivity contribution in [3.05, 3.63) is 48.3 Å². The molecule has 3 heterocycles. The number of amides is 2. The number of carbonyl (C=O) groups is 2. The number of rotatable bonds is 4. The Kier molecular flexibility index (Phi) is 5.11. The molecule has 2 amide bonds. The second kappa shape index (κ2) is 7.46. The van der Waals surface area contributed by atoms with Crippen LogP contribution in [0.5, 0.6) is 0 Å². The molecule has 1 aliphatic heterocycles. The Balaban J connectivity index is 1.71. The lowest BCUT2D eigenvalue weighted by Crippen LogP contribution is -2.51. The number of likely N-dealkylation sites (tertiary alicyclic amines) is 1. The first-order valence-corrected chi connectivity index (χ1v) is 8.48. The van der Waals surface area contributed by atoms with Crippen LogP contribution in [0.3, 0.4) is 0 Å². The van der Waals surface area contributed by atoms with E-state index < -0.39 is 0 Å². The fourth-order valence-electron chi connectivity index (χ4n) is 3.26. The molecule has 132 valence electrons. The van der Waals surface area contributed by atoms with Crippen LogP contribution in [0.25, 0.3) is 0 Å². The van der Waals surface area contributed by atoms with E-state index in [2.05, 4.69) is 9.97 Å². The van der Waals surface area contributed by atoms with Crippen molar-refractivity contribution >= 4 is 11.8 Å². The maximum absolute atomic E-state index is 12.6. The topological polar surface area (TPSA) is 71.3 Å². The average Bonchev–Trinajstić information content (AvgIpc) is 3.06. The van der Waals surface area contributed by atoms with E-state index in [1.165, 1.54) is 0 Å². The minimum absolute atomic E-state index is 0.0131. The summed E-state index contributed by atoms with van der Waals surface area (Å²) in [7, 11) is 1.84. The molecule has 0 spiro atoms. The van der Waals surface area contributed by atoms with Crippen molar-refractivity contribution < 1.29 is 9.59 Å². The highest BCUT2D eigenvalue weighted by Crippen LogP contribution is 2.20. The summed E-state index contributed by atoms with van der Waals surface area (Å²) >= 11 is 0. The van der Waals surface area contributed by atoms with Gasteiger partial charge in [0, 0.05) is 58.2 Å². The fraction of sp³-hybridized carbons (Fsp3) is 0.444. The predicted octanol–water partition coefficient (Wildman–Crippen LogP) is 1.47. The average molecular weight is 341 g/mol. The number of aromatic nitrogens is 3. The van der Waals surface area contributed by atoms with Gasteiger partial charge < -0.3 is 14.4 Å². The third-order valence-corrected chi connectivity index (χ3v) is 4.53. The van der Waals surface area contributed by atoms with Gasteiger partial charge in [-0.25, -0.2) is 4.98 Å². The summed E-state index contributed by atoms with van der Waals surface area (Å²) in [5, 5.41) is 0. The van der Waals surface area contributed by atoms with E-state index in [1.807, 2.05) is 24.1 Å². The number of pyridine rings is 1. The SMILES string of the molecule is CC(=O)N(Cc1cccnc1)C1CCCN(C(=O)c2cn(C)cn2)C1. The van der Waals surface area contributed by atoms with Gasteiger partial charge in [-0.1, -0.05) is 6.07 Å². The summed E-state index contributed by atoms with van der Waals surface area (Å²) in [6.07, 6.45) is 8.61. The summed E-state index contributed by atoms with van der Waals surface area (Å²) in [5.74, 6) is -0.0591. The Morgan fingerprint density at radius 3 is 2.88 bits per heavy atom. The van der Waals surface area contributed by atoms with Gasteiger partial charge in [0.05, 0.1) is 6.33 Å². The van der Waals surface area contributed by atoms with E-state index in [0.717, 1.165) is 18.4 Å². The van der Waals surface area contributed by atoms with Crippen molar-refractivity contribution in [2.45, 2.75) is 32.4 Å². The smallest absolute Gasteiger partial charge is 0.274 e. The van der Waals surface area contributed by atoms with Crippen molar-refractivity contribution in [2.24, 2.45) is 7.05 Å². The number of aryl methyl sites for hydroxylation is 1. The Morgan fingerprint density at radius 2 is 2.24 bits per heavy atom. The van der Waals surface area contributed by atoms with Crippen LogP contribution in [0.2, 0.25) is 0 Å². The van der Waals surface area contributed by atoms with Crippen LogP contribution < -0.4 is 0 Å². The summed E-state index contributed by atoms with van der Waals surface area (Å²) in [4.78, 5) is 36.7. The fourth-order valence-corrected chi connectivity index (χ4v) is 3.26. The molecule has 1 fully saturated rings.